The fourth-order valence-corrected chi connectivity index (χ4v) is 3.79. The Morgan fingerprint density at radius 2 is 1.70 bits per heavy atom. The minimum atomic E-state index is -1.55. The van der Waals surface area contributed by atoms with Crippen LogP contribution in [0.2, 0.25) is 0 Å². The predicted octanol–water partition coefficient (Wildman–Crippen LogP) is 2.42. The third-order valence-electron chi connectivity index (χ3n) is 4.96. The summed E-state index contributed by atoms with van der Waals surface area (Å²) in [5.41, 5.74) is 0.215. The van der Waals surface area contributed by atoms with Crippen LogP contribution in [0.1, 0.15) is 44.2 Å². The van der Waals surface area contributed by atoms with Crippen LogP contribution in [0.4, 0.5) is 0 Å². The van der Waals surface area contributed by atoms with Gasteiger partial charge in [-0.2, -0.15) is 0 Å². The normalized spacial score (nSPS) is 29.4. The minimum absolute atomic E-state index is 0.0876. The molecule has 1 aromatic rings. The van der Waals surface area contributed by atoms with E-state index in [-0.39, 0.29) is 25.3 Å². The first-order valence-corrected chi connectivity index (χ1v) is 9.09. The third-order valence-corrected chi connectivity index (χ3v) is 4.96. The molecule has 0 aromatic heterocycles. The van der Waals surface area contributed by atoms with Crippen molar-refractivity contribution in [1.29, 1.82) is 0 Å². The SMILES string of the molecule is CCOC(=O)C1/C(=N\O)CC(C)(O)C(C(=O)OCC)C1c1ccc(C)cc1. The zero-order chi connectivity index (χ0) is 20.2. The quantitative estimate of drug-likeness (QED) is 0.464. The van der Waals surface area contributed by atoms with E-state index in [1.807, 2.05) is 19.1 Å². The lowest BCUT2D eigenvalue weighted by Crippen LogP contribution is -2.55. The fourth-order valence-electron chi connectivity index (χ4n) is 3.79. The lowest BCUT2D eigenvalue weighted by Gasteiger charge is -2.44. The van der Waals surface area contributed by atoms with Crippen molar-refractivity contribution in [2.45, 2.75) is 45.6 Å². The molecule has 0 spiro atoms. The van der Waals surface area contributed by atoms with Crippen molar-refractivity contribution in [2.75, 3.05) is 13.2 Å². The van der Waals surface area contributed by atoms with Crippen molar-refractivity contribution < 1.29 is 29.4 Å². The molecule has 2 rings (SSSR count). The molecule has 1 aliphatic carbocycles. The number of carbonyl (C=O) groups excluding carboxylic acids is 2. The number of benzene rings is 1. The number of aliphatic hydroxyl groups is 1. The molecule has 7 heteroatoms. The molecule has 0 saturated heterocycles. The number of hydrogen-bond donors (Lipinski definition) is 2. The Labute approximate surface area is 159 Å². The Bertz CT molecular complexity index is 710. The van der Waals surface area contributed by atoms with E-state index in [1.165, 1.54) is 6.92 Å². The Morgan fingerprint density at radius 3 is 2.22 bits per heavy atom. The van der Waals surface area contributed by atoms with Crippen molar-refractivity contribution in [3.05, 3.63) is 35.4 Å². The molecule has 27 heavy (non-hydrogen) atoms. The number of aryl methyl sites for hydroxylation is 1. The average Bonchev–Trinajstić information content (AvgIpc) is 2.61. The van der Waals surface area contributed by atoms with E-state index in [9.17, 15) is 19.9 Å². The number of hydrogen-bond acceptors (Lipinski definition) is 7. The molecule has 0 radical (unpaired) electrons. The lowest BCUT2D eigenvalue weighted by atomic mass is 9.61. The van der Waals surface area contributed by atoms with Crippen LogP contribution >= 0.6 is 0 Å². The maximum absolute atomic E-state index is 12.7. The first-order chi connectivity index (χ1) is 12.8. The topological polar surface area (TPSA) is 105 Å². The number of esters is 2. The zero-order valence-corrected chi connectivity index (χ0v) is 16.1. The third kappa shape index (κ3) is 4.30. The predicted molar refractivity (Wildman–Crippen MR) is 98.6 cm³/mol. The molecule has 0 amide bonds. The fraction of sp³-hybridized carbons (Fsp3) is 0.550. The molecular weight excluding hydrogens is 350 g/mol. The van der Waals surface area contributed by atoms with E-state index in [1.54, 1.807) is 26.0 Å². The van der Waals surface area contributed by atoms with Crippen LogP contribution in [0.5, 0.6) is 0 Å². The van der Waals surface area contributed by atoms with Gasteiger partial charge in [0.1, 0.15) is 5.92 Å². The van der Waals surface area contributed by atoms with Crippen LogP contribution in [0.3, 0.4) is 0 Å². The highest BCUT2D eigenvalue weighted by atomic mass is 16.5. The van der Waals surface area contributed by atoms with Crippen LogP contribution in [0, 0.1) is 18.8 Å². The smallest absolute Gasteiger partial charge is 0.315 e. The Hall–Kier alpha value is -2.41. The van der Waals surface area contributed by atoms with Crippen LogP contribution in [0.25, 0.3) is 0 Å². The standard InChI is InChI=1S/C20H27NO6/c1-5-26-18(22)16-14(21-25)11-20(4,24)17(19(23)27-6-2)15(16)13-9-7-12(3)8-10-13/h7-10,15-17,24-25H,5-6,11H2,1-4H3/b21-14-. The average molecular weight is 377 g/mol. The summed E-state index contributed by atoms with van der Waals surface area (Å²) in [6.45, 7) is 7.07. The molecule has 4 atom stereocenters. The van der Waals surface area contributed by atoms with E-state index in [0.717, 1.165) is 5.56 Å². The zero-order valence-electron chi connectivity index (χ0n) is 16.1. The summed E-state index contributed by atoms with van der Waals surface area (Å²) in [6, 6.07) is 7.32. The van der Waals surface area contributed by atoms with E-state index in [0.29, 0.717) is 5.56 Å². The molecule has 0 aliphatic heterocycles. The van der Waals surface area contributed by atoms with Gasteiger partial charge in [-0.15, -0.1) is 0 Å². The monoisotopic (exact) mass is 377 g/mol. The molecule has 1 aromatic carbocycles. The van der Waals surface area contributed by atoms with Gasteiger partial charge in [0.05, 0.1) is 30.4 Å². The molecular formula is C20H27NO6. The molecule has 148 valence electrons. The minimum Gasteiger partial charge on any atom is -0.466 e. The number of oxime groups is 1. The molecule has 1 saturated carbocycles. The Kier molecular flexibility index (Phi) is 6.59. The number of nitrogens with zero attached hydrogens (tertiary/aromatic N) is 1. The highest BCUT2D eigenvalue weighted by Crippen LogP contribution is 2.47. The van der Waals surface area contributed by atoms with Crippen molar-refractivity contribution in [3.8, 4) is 0 Å². The maximum atomic E-state index is 12.7. The first-order valence-electron chi connectivity index (χ1n) is 9.09. The van der Waals surface area contributed by atoms with Crippen molar-refractivity contribution in [1.82, 2.24) is 0 Å². The van der Waals surface area contributed by atoms with Gasteiger partial charge >= 0.3 is 11.9 Å². The van der Waals surface area contributed by atoms with Gasteiger partial charge in [0.15, 0.2) is 0 Å². The molecule has 0 heterocycles. The number of ether oxygens (including phenoxy) is 2. The summed E-state index contributed by atoms with van der Waals surface area (Å²) in [5, 5.41) is 23.8. The van der Waals surface area contributed by atoms with Gasteiger partial charge in [0.25, 0.3) is 0 Å². The molecule has 7 nitrogen and oxygen atoms in total. The van der Waals surface area contributed by atoms with Crippen LogP contribution in [-0.2, 0) is 19.1 Å². The summed E-state index contributed by atoms with van der Waals surface area (Å²) in [6.07, 6.45) is -0.140. The largest absolute Gasteiger partial charge is 0.466 e. The van der Waals surface area contributed by atoms with Crippen LogP contribution < -0.4 is 0 Å². The van der Waals surface area contributed by atoms with E-state index in [4.69, 9.17) is 9.47 Å². The molecule has 4 unspecified atom stereocenters. The van der Waals surface area contributed by atoms with Gasteiger partial charge in [0.2, 0.25) is 0 Å². The van der Waals surface area contributed by atoms with Gasteiger partial charge in [-0.3, -0.25) is 9.59 Å². The van der Waals surface area contributed by atoms with Gasteiger partial charge in [-0.1, -0.05) is 35.0 Å². The second-order valence-electron chi connectivity index (χ2n) is 7.02. The molecule has 2 N–H and O–H groups in total. The Morgan fingerprint density at radius 1 is 1.15 bits per heavy atom. The second kappa shape index (κ2) is 8.52. The summed E-state index contributed by atoms with van der Waals surface area (Å²) in [5.74, 6) is -3.98. The molecule has 1 fully saturated rings. The summed E-state index contributed by atoms with van der Waals surface area (Å²) < 4.78 is 10.4. The number of rotatable bonds is 5. The highest BCUT2D eigenvalue weighted by molar-refractivity contribution is 6.05. The summed E-state index contributed by atoms with van der Waals surface area (Å²) >= 11 is 0. The first kappa shape index (κ1) is 20.9. The van der Waals surface area contributed by atoms with Gasteiger partial charge in [0, 0.05) is 12.3 Å². The van der Waals surface area contributed by atoms with Crippen LogP contribution in [-0.4, -0.2) is 46.8 Å². The van der Waals surface area contributed by atoms with Crippen molar-refractivity contribution in [3.63, 3.8) is 0 Å². The molecule has 1 aliphatic rings. The van der Waals surface area contributed by atoms with E-state index >= 15 is 0 Å². The van der Waals surface area contributed by atoms with Gasteiger partial charge in [-0.05, 0) is 33.3 Å². The van der Waals surface area contributed by atoms with E-state index in [2.05, 4.69) is 5.16 Å². The van der Waals surface area contributed by atoms with Crippen molar-refractivity contribution in [2.24, 2.45) is 17.0 Å². The van der Waals surface area contributed by atoms with Gasteiger partial charge in [-0.25, -0.2) is 0 Å². The highest BCUT2D eigenvalue weighted by Gasteiger charge is 2.56. The van der Waals surface area contributed by atoms with Crippen molar-refractivity contribution >= 4 is 17.7 Å². The maximum Gasteiger partial charge on any atom is 0.315 e. The van der Waals surface area contributed by atoms with E-state index < -0.39 is 35.3 Å². The molecule has 0 bridgehead atoms. The summed E-state index contributed by atoms with van der Waals surface area (Å²) in [7, 11) is 0. The lowest BCUT2D eigenvalue weighted by molar-refractivity contribution is -0.163. The van der Waals surface area contributed by atoms with Gasteiger partial charge < -0.3 is 19.8 Å². The van der Waals surface area contributed by atoms with Crippen LogP contribution in [0.15, 0.2) is 29.4 Å². The number of carbonyl (C=O) groups is 2. The second-order valence-corrected chi connectivity index (χ2v) is 7.02. The Balaban J connectivity index is 2.65. The summed E-state index contributed by atoms with van der Waals surface area (Å²) in [4.78, 5) is 25.5.